The number of aliphatic hydroxyl groups excluding tert-OH is 2. The van der Waals surface area contributed by atoms with Gasteiger partial charge in [-0.15, -0.1) is 0 Å². The number of thioether (sulfide) groups is 1. The lowest BCUT2D eigenvalue weighted by Crippen LogP contribution is -2.62. The average Bonchev–Trinajstić information content (AvgIpc) is 3.24. The van der Waals surface area contributed by atoms with E-state index < -0.39 is 60.1 Å². The summed E-state index contributed by atoms with van der Waals surface area (Å²) in [5.41, 5.74) is 6.44. The van der Waals surface area contributed by atoms with E-state index in [-0.39, 0.29) is 12.8 Å². The highest BCUT2D eigenvalue weighted by Crippen LogP contribution is 2.05. The largest absolute Gasteiger partial charge is 0.480 e. The fourth-order valence-electron chi connectivity index (χ4n) is 2.79. The van der Waals surface area contributed by atoms with Crippen LogP contribution in [0.1, 0.15) is 26.0 Å². The number of carbonyl (C=O) groups excluding carboxylic acids is 3. The second-order valence-electron chi connectivity index (χ2n) is 7.52. The molecule has 33 heavy (non-hydrogen) atoms. The van der Waals surface area contributed by atoms with Crippen LogP contribution in [-0.2, 0) is 25.6 Å². The van der Waals surface area contributed by atoms with E-state index >= 15 is 0 Å². The molecule has 6 atom stereocenters. The lowest BCUT2D eigenvalue weighted by Gasteiger charge is -2.27. The van der Waals surface area contributed by atoms with E-state index in [4.69, 9.17) is 5.73 Å². The normalized spacial score (nSPS) is 16.5. The molecule has 0 fully saturated rings. The monoisotopic (exact) mass is 488 g/mol. The number of H-pyrrole nitrogens is 1. The van der Waals surface area contributed by atoms with E-state index in [0.717, 1.165) is 0 Å². The smallest absolute Gasteiger partial charge is 0.326 e. The van der Waals surface area contributed by atoms with Gasteiger partial charge in [0.25, 0.3) is 0 Å². The Labute approximate surface area is 195 Å². The van der Waals surface area contributed by atoms with Gasteiger partial charge in [0.05, 0.1) is 24.6 Å². The predicted octanol–water partition coefficient (Wildman–Crippen LogP) is -2.67. The van der Waals surface area contributed by atoms with Crippen molar-refractivity contribution in [2.24, 2.45) is 5.73 Å². The third-order valence-corrected chi connectivity index (χ3v) is 5.33. The number of carboxylic acid groups (broad SMARTS) is 1. The zero-order chi connectivity index (χ0) is 25.1. The number of nitrogens with two attached hydrogens (primary N) is 1. The number of aromatic nitrogens is 2. The number of hydrogen-bond acceptors (Lipinski definition) is 9. The van der Waals surface area contributed by atoms with Crippen molar-refractivity contribution in [3.8, 4) is 0 Å². The van der Waals surface area contributed by atoms with Gasteiger partial charge in [0.15, 0.2) is 0 Å². The maximum atomic E-state index is 12.7. The van der Waals surface area contributed by atoms with Crippen LogP contribution in [0.3, 0.4) is 0 Å². The van der Waals surface area contributed by atoms with Crippen molar-refractivity contribution in [2.75, 3.05) is 12.0 Å². The Hall–Kier alpha value is -2.68. The molecule has 186 valence electrons. The van der Waals surface area contributed by atoms with Crippen LogP contribution in [-0.4, -0.2) is 97.4 Å². The van der Waals surface area contributed by atoms with Crippen LogP contribution in [0.4, 0.5) is 0 Å². The number of nitrogens with zero attached hydrogens (tertiary/aromatic N) is 1. The topological polar surface area (TPSA) is 220 Å². The number of imidazole rings is 1. The zero-order valence-electron chi connectivity index (χ0n) is 18.6. The highest BCUT2D eigenvalue weighted by atomic mass is 32.2. The first-order chi connectivity index (χ1) is 15.5. The van der Waals surface area contributed by atoms with Gasteiger partial charge in [-0.1, -0.05) is 0 Å². The zero-order valence-corrected chi connectivity index (χ0v) is 19.5. The molecule has 0 saturated heterocycles. The van der Waals surface area contributed by atoms with Gasteiger partial charge < -0.3 is 42.0 Å². The molecule has 0 bridgehead atoms. The van der Waals surface area contributed by atoms with Crippen molar-refractivity contribution >= 4 is 35.5 Å². The van der Waals surface area contributed by atoms with Crippen LogP contribution >= 0.6 is 11.8 Å². The first-order valence-corrected chi connectivity index (χ1v) is 11.6. The Morgan fingerprint density at radius 1 is 1.06 bits per heavy atom. The highest BCUT2D eigenvalue weighted by molar-refractivity contribution is 7.98. The van der Waals surface area contributed by atoms with Gasteiger partial charge in [0.1, 0.15) is 18.1 Å². The maximum absolute atomic E-state index is 12.7. The van der Waals surface area contributed by atoms with E-state index in [1.807, 2.05) is 0 Å². The third-order valence-electron chi connectivity index (χ3n) is 4.68. The summed E-state index contributed by atoms with van der Waals surface area (Å²) in [5, 5.41) is 36.1. The summed E-state index contributed by atoms with van der Waals surface area (Å²) < 4.78 is 0. The summed E-state index contributed by atoms with van der Waals surface area (Å²) in [5.74, 6) is -3.39. The van der Waals surface area contributed by atoms with Crippen LogP contribution in [0.15, 0.2) is 12.5 Å². The Morgan fingerprint density at radius 3 is 2.06 bits per heavy atom. The molecule has 0 aliphatic heterocycles. The summed E-state index contributed by atoms with van der Waals surface area (Å²) in [6.45, 7) is 2.49. The van der Waals surface area contributed by atoms with Gasteiger partial charge >= 0.3 is 5.97 Å². The number of carbonyl (C=O) groups is 4. The fraction of sp³-hybridized carbons (Fsp3) is 0.632. The van der Waals surface area contributed by atoms with Crippen molar-refractivity contribution < 1.29 is 34.5 Å². The average molecular weight is 489 g/mol. The van der Waals surface area contributed by atoms with E-state index in [1.54, 1.807) is 6.26 Å². The van der Waals surface area contributed by atoms with Crippen molar-refractivity contribution in [1.82, 2.24) is 25.9 Å². The summed E-state index contributed by atoms with van der Waals surface area (Å²) in [4.78, 5) is 55.7. The molecule has 3 amide bonds. The summed E-state index contributed by atoms with van der Waals surface area (Å²) in [7, 11) is 0. The molecule has 1 aromatic rings. The van der Waals surface area contributed by atoms with Crippen LogP contribution < -0.4 is 21.7 Å². The lowest BCUT2D eigenvalue weighted by molar-refractivity contribution is -0.143. The molecule has 0 radical (unpaired) electrons. The Morgan fingerprint density at radius 2 is 1.61 bits per heavy atom. The Bertz CT molecular complexity index is 790. The Balaban J connectivity index is 2.84. The predicted molar refractivity (Wildman–Crippen MR) is 120 cm³/mol. The van der Waals surface area contributed by atoms with Crippen LogP contribution in [0.5, 0.6) is 0 Å². The lowest BCUT2D eigenvalue weighted by atomic mass is 10.1. The SMILES string of the molecule is CSCCC(NC(=O)C(NC(=O)C(NC(=O)C(N)Cc1cnc[nH]1)C(C)O)C(C)O)C(=O)O. The number of aromatic amines is 1. The molecular formula is C19H32N6O7S. The number of amides is 3. The molecule has 1 heterocycles. The van der Waals surface area contributed by atoms with Gasteiger partial charge in [-0.05, 0) is 32.3 Å². The molecule has 0 aliphatic carbocycles. The summed E-state index contributed by atoms with van der Waals surface area (Å²) in [6.07, 6.45) is 2.18. The third kappa shape index (κ3) is 9.37. The number of rotatable bonds is 14. The number of aliphatic carboxylic acids is 1. The molecule has 14 heteroatoms. The molecule has 0 spiro atoms. The number of carboxylic acids is 1. The molecular weight excluding hydrogens is 456 g/mol. The molecule has 6 unspecified atom stereocenters. The minimum Gasteiger partial charge on any atom is -0.480 e. The minimum atomic E-state index is -1.52. The summed E-state index contributed by atoms with van der Waals surface area (Å²) in [6, 6.07) is -5.27. The minimum absolute atomic E-state index is 0.102. The van der Waals surface area contributed by atoms with Gasteiger partial charge in [-0.25, -0.2) is 9.78 Å². The second-order valence-corrected chi connectivity index (χ2v) is 8.51. The molecule has 0 aromatic carbocycles. The van der Waals surface area contributed by atoms with Crippen LogP contribution in [0, 0.1) is 0 Å². The van der Waals surface area contributed by atoms with Gasteiger partial charge in [-0.3, -0.25) is 14.4 Å². The standard InChI is InChI=1S/C19H32N6O7S/c1-9(26)14(17(29)23-13(19(31)32)4-5-33-3)25-18(30)15(10(2)27)24-16(28)12(20)6-11-7-21-8-22-11/h7-10,12-15,26-27H,4-6,20H2,1-3H3,(H,21,22)(H,23,29)(H,24,28)(H,25,30)(H,31,32). The van der Waals surface area contributed by atoms with Crippen molar-refractivity contribution in [1.29, 1.82) is 0 Å². The first kappa shape index (κ1) is 28.4. The van der Waals surface area contributed by atoms with E-state index in [2.05, 4.69) is 25.9 Å². The number of aliphatic hydroxyl groups is 2. The second kappa shape index (κ2) is 13.8. The van der Waals surface area contributed by atoms with Gasteiger partial charge in [-0.2, -0.15) is 11.8 Å². The molecule has 0 aliphatic rings. The van der Waals surface area contributed by atoms with Crippen molar-refractivity contribution in [2.45, 2.75) is 63.1 Å². The number of hydrogen-bond donors (Lipinski definition) is 8. The summed E-state index contributed by atoms with van der Waals surface area (Å²) >= 11 is 1.40. The van der Waals surface area contributed by atoms with E-state index in [0.29, 0.717) is 11.4 Å². The maximum Gasteiger partial charge on any atom is 0.326 e. The quantitative estimate of drug-likeness (QED) is 0.136. The van der Waals surface area contributed by atoms with E-state index in [9.17, 15) is 34.5 Å². The van der Waals surface area contributed by atoms with Crippen molar-refractivity contribution in [3.63, 3.8) is 0 Å². The number of nitrogens with one attached hydrogen (secondary N) is 4. The fourth-order valence-corrected chi connectivity index (χ4v) is 3.27. The van der Waals surface area contributed by atoms with Gasteiger partial charge in [0.2, 0.25) is 17.7 Å². The van der Waals surface area contributed by atoms with Crippen LogP contribution in [0.2, 0.25) is 0 Å². The Kier molecular flexibility index (Phi) is 11.8. The van der Waals surface area contributed by atoms with Crippen molar-refractivity contribution in [3.05, 3.63) is 18.2 Å². The van der Waals surface area contributed by atoms with Gasteiger partial charge in [0, 0.05) is 18.3 Å². The molecule has 1 rings (SSSR count). The molecule has 0 saturated carbocycles. The first-order valence-electron chi connectivity index (χ1n) is 10.2. The van der Waals surface area contributed by atoms with Crippen LogP contribution in [0.25, 0.3) is 0 Å². The molecule has 1 aromatic heterocycles. The van der Waals surface area contributed by atoms with E-state index in [1.165, 1.54) is 38.1 Å². The molecule has 9 N–H and O–H groups in total. The molecule has 13 nitrogen and oxygen atoms in total. The highest BCUT2D eigenvalue weighted by Gasteiger charge is 2.34.